The van der Waals surface area contributed by atoms with E-state index in [9.17, 15) is 4.79 Å². The predicted octanol–water partition coefficient (Wildman–Crippen LogP) is 2.59. The Labute approximate surface area is 131 Å². The van der Waals surface area contributed by atoms with Crippen LogP contribution in [-0.2, 0) is 13.0 Å². The lowest BCUT2D eigenvalue weighted by Gasteiger charge is -2.28. The van der Waals surface area contributed by atoms with Gasteiger partial charge >= 0.3 is 0 Å². The first-order valence-corrected chi connectivity index (χ1v) is 8.03. The molecule has 22 heavy (non-hydrogen) atoms. The van der Waals surface area contributed by atoms with Crippen LogP contribution in [0.1, 0.15) is 26.6 Å². The molecule has 0 saturated heterocycles. The number of hydrogen-bond donors (Lipinski definition) is 0. The fourth-order valence-electron chi connectivity index (χ4n) is 2.79. The predicted molar refractivity (Wildman–Crippen MR) is 84.8 cm³/mol. The van der Waals surface area contributed by atoms with Crippen LogP contribution in [-0.4, -0.2) is 32.3 Å². The number of hydrogen-bond acceptors (Lipinski definition) is 5. The molecule has 0 aliphatic carbocycles. The number of amides is 1. The Morgan fingerprint density at radius 2 is 2.27 bits per heavy atom. The monoisotopic (exact) mass is 310 g/mol. The van der Waals surface area contributed by atoms with Crippen LogP contribution in [0.5, 0.6) is 0 Å². The topological polar surface area (TPSA) is 59.0 Å². The van der Waals surface area contributed by atoms with E-state index in [1.165, 1.54) is 11.3 Å². The third-order valence-corrected chi connectivity index (χ3v) is 4.88. The minimum atomic E-state index is 0.0666. The molecule has 0 atom stereocenters. The van der Waals surface area contributed by atoms with Gasteiger partial charge in [0, 0.05) is 36.8 Å². The van der Waals surface area contributed by atoms with E-state index in [2.05, 4.69) is 21.0 Å². The number of rotatable bonds is 1. The number of carbonyl (C=O) groups is 1. The number of fused-ring (bicyclic) bond motifs is 2. The molecule has 1 aliphatic heterocycles. The minimum Gasteiger partial charge on any atom is -0.333 e. The Hall–Kier alpha value is -2.34. The molecule has 3 aromatic heterocycles. The van der Waals surface area contributed by atoms with Gasteiger partial charge in [-0.3, -0.25) is 4.79 Å². The van der Waals surface area contributed by atoms with Crippen molar-refractivity contribution in [1.29, 1.82) is 0 Å². The minimum absolute atomic E-state index is 0.0666. The van der Waals surface area contributed by atoms with Crippen LogP contribution in [0.25, 0.3) is 11.0 Å². The Bertz CT molecular complexity index is 873. The standard InChI is InChI=1S/C16H14N4OS/c1-10-14(22-9-18-10)16(21)20-6-4-13-12(8-20)7-11-3-2-5-17-15(11)19-13/h2-3,5,7,9H,4,6,8H2,1H3. The number of carbonyl (C=O) groups excluding carboxylic acids is 1. The highest BCUT2D eigenvalue weighted by molar-refractivity contribution is 7.11. The van der Waals surface area contributed by atoms with Crippen LogP contribution in [0.3, 0.4) is 0 Å². The molecular formula is C16H14N4OS. The maximum Gasteiger partial charge on any atom is 0.266 e. The number of thiazole rings is 1. The van der Waals surface area contributed by atoms with Crippen LogP contribution in [0.2, 0.25) is 0 Å². The summed E-state index contributed by atoms with van der Waals surface area (Å²) in [6.07, 6.45) is 2.53. The molecule has 5 nitrogen and oxygen atoms in total. The van der Waals surface area contributed by atoms with Gasteiger partial charge in [0.25, 0.3) is 5.91 Å². The molecule has 0 radical (unpaired) electrons. The second kappa shape index (κ2) is 5.14. The van der Waals surface area contributed by atoms with E-state index in [4.69, 9.17) is 0 Å². The number of nitrogens with zero attached hydrogens (tertiary/aromatic N) is 4. The van der Waals surface area contributed by atoms with Gasteiger partial charge in [-0.25, -0.2) is 15.0 Å². The van der Waals surface area contributed by atoms with E-state index in [-0.39, 0.29) is 5.91 Å². The van der Waals surface area contributed by atoms with Crippen LogP contribution in [0.15, 0.2) is 29.9 Å². The van der Waals surface area contributed by atoms with Gasteiger partial charge in [0.2, 0.25) is 0 Å². The zero-order valence-electron chi connectivity index (χ0n) is 12.1. The zero-order chi connectivity index (χ0) is 15.1. The second-order valence-corrected chi connectivity index (χ2v) is 6.24. The van der Waals surface area contributed by atoms with Crippen LogP contribution < -0.4 is 0 Å². The summed E-state index contributed by atoms with van der Waals surface area (Å²) in [5, 5.41) is 1.02. The second-order valence-electron chi connectivity index (χ2n) is 5.39. The lowest BCUT2D eigenvalue weighted by atomic mass is 10.0. The van der Waals surface area contributed by atoms with Gasteiger partial charge in [-0.05, 0) is 30.7 Å². The fourth-order valence-corrected chi connectivity index (χ4v) is 3.56. The van der Waals surface area contributed by atoms with Crippen molar-refractivity contribution in [3.63, 3.8) is 0 Å². The SMILES string of the molecule is Cc1ncsc1C(=O)N1CCc2nc3ncccc3cc2C1. The summed E-state index contributed by atoms with van der Waals surface area (Å²) in [6.45, 7) is 3.17. The normalized spacial score (nSPS) is 14.1. The van der Waals surface area contributed by atoms with Crippen molar-refractivity contribution in [2.75, 3.05) is 6.54 Å². The molecule has 0 fully saturated rings. The third-order valence-electron chi connectivity index (χ3n) is 3.96. The molecule has 6 heteroatoms. The van der Waals surface area contributed by atoms with Crippen LogP contribution >= 0.6 is 11.3 Å². The molecule has 0 spiro atoms. The van der Waals surface area contributed by atoms with E-state index < -0.39 is 0 Å². The highest BCUT2D eigenvalue weighted by atomic mass is 32.1. The molecule has 0 saturated carbocycles. The molecular weight excluding hydrogens is 296 g/mol. The summed E-state index contributed by atoms with van der Waals surface area (Å²) >= 11 is 1.41. The van der Waals surface area contributed by atoms with Gasteiger partial charge in [-0.15, -0.1) is 11.3 Å². The van der Waals surface area contributed by atoms with Crippen molar-refractivity contribution < 1.29 is 4.79 Å². The quantitative estimate of drug-likeness (QED) is 0.693. The lowest BCUT2D eigenvalue weighted by Crippen LogP contribution is -2.36. The van der Waals surface area contributed by atoms with Crippen molar-refractivity contribution in [2.24, 2.45) is 0 Å². The lowest BCUT2D eigenvalue weighted by molar-refractivity contribution is 0.0737. The highest BCUT2D eigenvalue weighted by Crippen LogP contribution is 2.24. The van der Waals surface area contributed by atoms with Gasteiger partial charge in [-0.1, -0.05) is 0 Å². The van der Waals surface area contributed by atoms with Crippen molar-refractivity contribution in [1.82, 2.24) is 19.9 Å². The molecule has 0 bridgehead atoms. The largest absolute Gasteiger partial charge is 0.333 e. The maximum absolute atomic E-state index is 12.6. The summed E-state index contributed by atoms with van der Waals surface area (Å²) in [6, 6.07) is 6.01. The Morgan fingerprint density at radius 1 is 1.36 bits per heavy atom. The number of pyridine rings is 2. The molecule has 4 rings (SSSR count). The van der Waals surface area contributed by atoms with Crippen molar-refractivity contribution in [3.05, 3.63) is 51.7 Å². The molecule has 1 aliphatic rings. The average Bonchev–Trinajstić information content (AvgIpc) is 2.97. The van der Waals surface area contributed by atoms with E-state index in [1.807, 2.05) is 24.0 Å². The van der Waals surface area contributed by atoms with Gasteiger partial charge in [-0.2, -0.15) is 0 Å². The molecule has 3 aromatic rings. The molecule has 110 valence electrons. The molecule has 4 heterocycles. The first-order chi connectivity index (χ1) is 10.7. The van der Waals surface area contributed by atoms with E-state index >= 15 is 0 Å². The van der Waals surface area contributed by atoms with Crippen molar-refractivity contribution in [3.8, 4) is 0 Å². The van der Waals surface area contributed by atoms with Gasteiger partial charge < -0.3 is 4.90 Å². The zero-order valence-corrected chi connectivity index (χ0v) is 12.9. The summed E-state index contributed by atoms with van der Waals surface area (Å²) in [5.74, 6) is 0.0666. The molecule has 1 amide bonds. The summed E-state index contributed by atoms with van der Waals surface area (Å²) < 4.78 is 0. The molecule has 0 N–H and O–H groups in total. The molecule has 0 aromatic carbocycles. The van der Waals surface area contributed by atoms with Gasteiger partial charge in [0.05, 0.1) is 11.2 Å². The van der Waals surface area contributed by atoms with Gasteiger partial charge in [0.1, 0.15) is 4.88 Å². The summed E-state index contributed by atoms with van der Waals surface area (Å²) in [5.41, 5.74) is 5.47. The Morgan fingerprint density at radius 3 is 3.09 bits per heavy atom. The smallest absolute Gasteiger partial charge is 0.266 e. The Balaban J connectivity index is 1.67. The molecule has 0 unspecified atom stereocenters. The van der Waals surface area contributed by atoms with Crippen molar-refractivity contribution >= 4 is 28.3 Å². The average molecular weight is 310 g/mol. The highest BCUT2D eigenvalue weighted by Gasteiger charge is 2.25. The fraction of sp³-hybridized carbons (Fsp3) is 0.250. The van der Waals surface area contributed by atoms with Crippen LogP contribution in [0, 0.1) is 6.92 Å². The van der Waals surface area contributed by atoms with E-state index in [0.717, 1.165) is 39.3 Å². The van der Waals surface area contributed by atoms with Crippen LogP contribution in [0.4, 0.5) is 0 Å². The summed E-state index contributed by atoms with van der Waals surface area (Å²) in [7, 11) is 0. The third kappa shape index (κ3) is 2.16. The number of aryl methyl sites for hydroxylation is 1. The maximum atomic E-state index is 12.6. The first-order valence-electron chi connectivity index (χ1n) is 7.15. The van der Waals surface area contributed by atoms with Gasteiger partial charge in [0.15, 0.2) is 5.65 Å². The number of aromatic nitrogens is 3. The first kappa shape index (κ1) is 13.3. The van der Waals surface area contributed by atoms with Crippen molar-refractivity contribution in [2.45, 2.75) is 19.9 Å². The Kier molecular flexibility index (Phi) is 3.11. The van der Waals surface area contributed by atoms with E-state index in [1.54, 1.807) is 11.7 Å². The summed E-state index contributed by atoms with van der Waals surface area (Å²) in [4.78, 5) is 28.3. The van der Waals surface area contributed by atoms with E-state index in [0.29, 0.717) is 13.1 Å².